The average Bonchev–Trinajstić information content (AvgIpc) is 3.45. The molecular formula is C23H24N4O3S. The predicted molar refractivity (Wildman–Crippen MR) is 122 cm³/mol. The molecule has 8 heteroatoms. The Balaban J connectivity index is 1.67. The fraction of sp³-hybridized carbons (Fsp3) is 0.261. The van der Waals surface area contributed by atoms with Crippen molar-refractivity contribution in [1.29, 1.82) is 0 Å². The van der Waals surface area contributed by atoms with Gasteiger partial charge in [0.15, 0.2) is 5.13 Å². The van der Waals surface area contributed by atoms with Gasteiger partial charge in [0.25, 0.3) is 5.91 Å². The number of ether oxygens (including phenoxy) is 2. The third-order valence-electron chi connectivity index (χ3n) is 4.96. The minimum atomic E-state index is -0.140. The van der Waals surface area contributed by atoms with Gasteiger partial charge in [-0.25, -0.2) is 9.97 Å². The highest BCUT2D eigenvalue weighted by molar-refractivity contribution is 7.22. The topological polar surface area (TPSA) is 69.5 Å². The molecule has 0 saturated heterocycles. The smallest absolute Gasteiger partial charge is 0.260 e. The quantitative estimate of drug-likeness (QED) is 0.405. The van der Waals surface area contributed by atoms with E-state index in [0.29, 0.717) is 28.7 Å². The summed E-state index contributed by atoms with van der Waals surface area (Å²) >= 11 is 1.52. The fourth-order valence-corrected chi connectivity index (χ4v) is 4.42. The number of anilines is 1. The first-order chi connectivity index (χ1) is 15.1. The molecule has 0 aliphatic rings. The summed E-state index contributed by atoms with van der Waals surface area (Å²) < 4.78 is 13.8. The number of amides is 1. The number of hydrogen-bond acceptors (Lipinski definition) is 6. The fourth-order valence-electron chi connectivity index (χ4n) is 3.34. The Hall–Kier alpha value is -3.39. The number of aromatic nitrogens is 3. The van der Waals surface area contributed by atoms with Gasteiger partial charge in [0.1, 0.15) is 11.5 Å². The number of hydrogen-bond donors (Lipinski definition) is 0. The minimum Gasteiger partial charge on any atom is -0.497 e. The highest BCUT2D eigenvalue weighted by Gasteiger charge is 2.22. The summed E-state index contributed by atoms with van der Waals surface area (Å²) in [5.41, 5.74) is 2.55. The van der Waals surface area contributed by atoms with Crippen LogP contribution in [0.25, 0.3) is 10.2 Å². The Morgan fingerprint density at radius 2 is 1.90 bits per heavy atom. The molecule has 0 N–H and O–H groups in total. The van der Waals surface area contributed by atoms with Gasteiger partial charge in [-0.3, -0.25) is 9.69 Å². The van der Waals surface area contributed by atoms with Crippen LogP contribution in [0.3, 0.4) is 0 Å². The maximum absolute atomic E-state index is 13.6. The molecule has 4 rings (SSSR count). The molecule has 0 spiro atoms. The first-order valence-electron chi connectivity index (χ1n) is 9.95. The summed E-state index contributed by atoms with van der Waals surface area (Å²) in [5.74, 6) is 1.00. The van der Waals surface area contributed by atoms with Gasteiger partial charge < -0.3 is 14.0 Å². The Labute approximate surface area is 184 Å². The molecule has 2 aromatic carbocycles. The largest absolute Gasteiger partial charge is 0.497 e. The molecule has 1 amide bonds. The van der Waals surface area contributed by atoms with E-state index in [4.69, 9.17) is 14.5 Å². The van der Waals surface area contributed by atoms with Gasteiger partial charge in [-0.15, -0.1) is 0 Å². The Morgan fingerprint density at radius 3 is 2.58 bits per heavy atom. The van der Waals surface area contributed by atoms with Gasteiger partial charge in [0.2, 0.25) is 0 Å². The average molecular weight is 437 g/mol. The Bertz CT molecular complexity index is 1160. The van der Waals surface area contributed by atoms with Crippen LogP contribution in [-0.4, -0.2) is 41.2 Å². The van der Waals surface area contributed by atoms with Crippen molar-refractivity contribution >= 4 is 32.6 Å². The van der Waals surface area contributed by atoms with Gasteiger partial charge in [-0.1, -0.05) is 17.4 Å². The maximum Gasteiger partial charge on any atom is 0.260 e. The van der Waals surface area contributed by atoms with Crippen LogP contribution in [0, 0.1) is 6.92 Å². The molecule has 31 heavy (non-hydrogen) atoms. The van der Waals surface area contributed by atoms with Crippen LogP contribution in [0.15, 0.2) is 55.1 Å². The number of methoxy groups -OCH3 is 2. The van der Waals surface area contributed by atoms with Crippen LogP contribution in [0.4, 0.5) is 5.13 Å². The molecule has 4 aromatic rings. The highest BCUT2D eigenvalue weighted by atomic mass is 32.1. The van der Waals surface area contributed by atoms with Crippen molar-refractivity contribution in [2.24, 2.45) is 0 Å². The van der Waals surface area contributed by atoms with E-state index in [2.05, 4.69) is 18.0 Å². The zero-order chi connectivity index (χ0) is 21.8. The number of nitrogens with zero attached hydrogens (tertiary/aromatic N) is 4. The van der Waals surface area contributed by atoms with Gasteiger partial charge in [-0.2, -0.15) is 0 Å². The summed E-state index contributed by atoms with van der Waals surface area (Å²) in [6.45, 7) is 3.33. The van der Waals surface area contributed by atoms with Crippen LogP contribution in [-0.2, 0) is 6.54 Å². The zero-order valence-corrected chi connectivity index (χ0v) is 18.6. The highest BCUT2D eigenvalue weighted by Crippen LogP contribution is 2.32. The lowest BCUT2D eigenvalue weighted by atomic mass is 10.1. The first kappa shape index (κ1) is 20.9. The van der Waals surface area contributed by atoms with Crippen molar-refractivity contribution in [3.05, 3.63) is 66.2 Å². The van der Waals surface area contributed by atoms with Gasteiger partial charge in [0, 0.05) is 37.1 Å². The number of carbonyl (C=O) groups is 1. The van der Waals surface area contributed by atoms with Crippen molar-refractivity contribution in [2.45, 2.75) is 19.9 Å². The van der Waals surface area contributed by atoms with E-state index in [-0.39, 0.29) is 5.91 Å². The molecule has 0 radical (unpaired) electrons. The standard InChI is InChI=1S/C23H24N4O3S/c1-16-5-6-20-21(11-16)31-23(25-20)27(9-4-8-26-10-7-24-15-26)22(28)17-12-18(29-2)14-19(13-17)30-3/h5-7,10-15H,4,8-9H2,1-3H3. The summed E-state index contributed by atoms with van der Waals surface area (Å²) in [6, 6.07) is 11.3. The van der Waals surface area contributed by atoms with E-state index >= 15 is 0 Å². The number of aryl methyl sites for hydroxylation is 2. The molecule has 0 fully saturated rings. The summed E-state index contributed by atoms with van der Waals surface area (Å²) in [5, 5.41) is 0.679. The lowest BCUT2D eigenvalue weighted by Gasteiger charge is -2.20. The number of fused-ring (bicyclic) bond motifs is 1. The summed E-state index contributed by atoms with van der Waals surface area (Å²) in [7, 11) is 3.14. The second kappa shape index (κ2) is 9.18. The van der Waals surface area contributed by atoms with Crippen molar-refractivity contribution in [3.63, 3.8) is 0 Å². The van der Waals surface area contributed by atoms with E-state index < -0.39 is 0 Å². The van der Waals surface area contributed by atoms with Gasteiger partial charge >= 0.3 is 0 Å². The van der Waals surface area contributed by atoms with Crippen molar-refractivity contribution < 1.29 is 14.3 Å². The van der Waals surface area contributed by atoms with Crippen LogP contribution < -0.4 is 14.4 Å². The predicted octanol–water partition coefficient (Wildman–Crippen LogP) is 4.56. The third-order valence-corrected chi connectivity index (χ3v) is 6.01. The van der Waals surface area contributed by atoms with E-state index in [1.165, 1.54) is 16.9 Å². The molecule has 0 aliphatic heterocycles. The van der Waals surface area contributed by atoms with E-state index in [9.17, 15) is 4.79 Å². The molecule has 0 atom stereocenters. The summed E-state index contributed by atoms with van der Waals surface area (Å²) in [4.78, 5) is 24.1. The number of carbonyl (C=O) groups excluding carboxylic acids is 1. The second-order valence-electron chi connectivity index (χ2n) is 7.18. The van der Waals surface area contributed by atoms with Crippen molar-refractivity contribution in [3.8, 4) is 11.5 Å². The SMILES string of the molecule is COc1cc(OC)cc(C(=O)N(CCCn2ccnc2)c2nc3ccc(C)cc3s2)c1. The third kappa shape index (κ3) is 4.69. The van der Waals surface area contributed by atoms with E-state index in [0.717, 1.165) is 23.2 Å². The Kier molecular flexibility index (Phi) is 6.18. The molecule has 2 aromatic heterocycles. The van der Waals surface area contributed by atoms with Crippen LogP contribution >= 0.6 is 11.3 Å². The first-order valence-corrected chi connectivity index (χ1v) is 10.8. The molecule has 0 saturated carbocycles. The monoisotopic (exact) mass is 436 g/mol. The molecular weight excluding hydrogens is 412 g/mol. The van der Waals surface area contributed by atoms with Gasteiger partial charge in [-0.05, 0) is 43.2 Å². The van der Waals surface area contributed by atoms with Crippen LogP contribution in [0.5, 0.6) is 11.5 Å². The van der Waals surface area contributed by atoms with Crippen molar-refractivity contribution in [1.82, 2.24) is 14.5 Å². The van der Waals surface area contributed by atoms with Crippen molar-refractivity contribution in [2.75, 3.05) is 25.7 Å². The summed E-state index contributed by atoms with van der Waals surface area (Å²) in [6.07, 6.45) is 6.21. The van der Waals surface area contributed by atoms with Crippen LogP contribution in [0.1, 0.15) is 22.3 Å². The Morgan fingerprint density at radius 1 is 1.13 bits per heavy atom. The minimum absolute atomic E-state index is 0.140. The number of thiazole rings is 1. The van der Waals surface area contributed by atoms with Gasteiger partial charge in [0.05, 0.1) is 30.8 Å². The molecule has 160 valence electrons. The zero-order valence-electron chi connectivity index (χ0n) is 17.7. The maximum atomic E-state index is 13.6. The lowest BCUT2D eigenvalue weighted by Crippen LogP contribution is -2.32. The number of benzene rings is 2. The number of imidazole rings is 1. The molecule has 0 bridgehead atoms. The van der Waals surface area contributed by atoms with E-state index in [1.54, 1.807) is 49.8 Å². The molecule has 0 unspecified atom stereocenters. The normalized spacial score (nSPS) is 10.9. The molecule has 0 aliphatic carbocycles. The number of rotatable bonds is 8. The van der Waals surface area contributed by atoms with E-state index in [1.807, 2.05) is 22.9 Å². The molecule has 2 heterocycles. The van der Waals surface area contributed by atoms with Crippen LogP contribution in [0.2, 0.25) is 0 Å². The second-order valence-corrected chi connectivity index (χ2v) is 8.19. The molecule has 7 nitrogen and oxygen atoms in total. The lowest BCUT2D eigenvalue weighted by molar-refractivity contribution is 0.0985.